The maximum Gasteiger partial charge on any atom is 1.00 e. The summed E-state index contributed by atoms with van der Waals surface area (Å²) in [6.45, 7) is 4.32. The maximum atomic E-state index is 11.7. The van der Waals surface area contributed by atoms with Gasteiger partial charge in [-0.15, -0.1) is 0 Å². The van der Waals surface area contributed by atoms with Crippen LogP contribution in [0.4, 0.5) is 0 Å². The molecule has 2 atom stereocenters. The molecule has 0 aliphatic heterocycles. The van der Waals surface area contributed by atoms with Crippen LogP contribution in [0.2, 0.25) is 0 Å². The molecule has 3 nitrogen and oxygen atoms in total. The molecule has 0 saturated carbocycles. The van der Waals surface area contributed by atoms with E-state index >= 15 is 0 Å². The van der Waals surface area contributed by atoms with Crippen LogP contribution in [0.15, 0.2) is 23.1 Å². The molecule has 0 fully saturated rings. The third-order valence-electron chi connectivity index (χ3n) is 4.89. The number of hydrogen-bond donors (Lipinski definition) is 0. The van der Waals surface area contributed by atoms with E-state index < -0.39 is 10.1 Å². The van der Waals surface area contributed by atoms with E-state index in [1.807, 2.05) is 6.07 Å². The third-order valence-corrected chi connectivity index (χ3v) is 5.79. The van der Waals surface area contributed by atoms with Gasteiger partial charge in [0.2, 0.25) is 0 Å². The quantitative estimate of drug-likeness (QED) is 0.560. The molecule has 1 aliphatic rings. The minimum Gasteiger partial charge on any atom is -0.744 e. The van der Waals surface area contributed by atoms with E-state index in [4.69, 9.17) is 0 Å². The smallest absolute Gasteiger partial charge is 0.744 e. The fourth-order valence-electron chi connectivity index (χ4n) is 3.76. The third kappa shape index (κ3) is 5.30. The average molecular weight is 346 g/mol. The Hall–Kier alpha value is 0.130. The van der Waals surface area contributed by atoms with E-state index in [9.17, 15) is 13.0 Å². The molecule has 0 saturated heterocycles. The van der Waals surface area contributed by atoms with Gasteiger partial charge in [-0.3, -0.25) is 0 Å². The van der Waals surface area contributed by atoms with E-state index in [2.05, 4.69) is 13.8 Å². The van der Waals surface area contributed by atoms with Crippen LogP contribution in [-0.2, 0) is 10.1 Å². The average Bonchev–Trinajstić information content (AvgIpc) is 2.49. The van der Waals surface area contributed by atoms with Gasteiger partial charge in [-0.2, -0.15) is 0 Å². The molecular weight excluding hydrogens is 319 g/mol. The molecule has 0 bridgehead atoms. The van der Waals surface area contributed by atoms with Crippen LogP contribution < -0.4 is 29.6 Å². The molecule has 1 aliphatic carbocycles. The number of benzene rings is 1. The molecule has 0 aromatic heterocycles. The summed E-state index contributed by atoms with van der Waals surface area (Å²) in [7, 11) is -4.40. The summed E-state index contributed by atoms with van der Waals surface area (Å²) in [4.78, 5) is 0.0345. The number of rotatable bonds is 7. The van der Waals surface area contributed by atoms with Gasteiger partial charge >= 0.3 is 29.6 Å². The van der Waals surface area contributed by atoms with Gasteiger partial charge in [-0.05, 0) is 54.7 Å². The summed E-state index contributed by atoms with van der Waals surface area (Å²) in [6.07, 6.45) is 8.66. The first kappa shape index (κ1) is 21.2. The predicted octanol–water partition coefficient (Wildman–Crippen LogP) is 1.94. The van der Waals surface area contributed by atoms with E-state index in [1.165, 1.54) is 6.07 Å². The van der Waals surface area contributed by atoms with Crippen LogP contribution in [0, 0.1) is 0 Å². The summed E-state index contributed by atoms with van der Waals surface area (Å²) in [5.74, 6) is 0.641. The molecule has 0 radical (unpaired) electrons. The van der Waals surface area contributed by atoms with Crippen LogP contribution in [0.3, 0.4) is 0 Å². The zero-order valence-electron chi connectivity index (χ0n) is 14.7. The zero-order valence-corrected chi connectivity index (χ0v) is 17.5. The van der Waals surface area contributed by atoms with Crippen molar-refractivity contribution in [3.05, 3.63) is 29.3 Å². The summed E-state index contributed by atoms with van der Waals surface area (Å²) >= 11 is 0. The number of unbranched alkanes of at least 4 members (excludes halogenated alkanes) is 2. The van der Waals surface area contributed by atoms with Gasteiger partial charge in [-0.1, -0.05) is 51.7 Å². The van der Waals surface area contributed by atoms with Crippen molar-refractivity contribution in [3.63, 3.8) is 0 Å². The fourth-order valence-corrected chi connectivity index (χ4v) is 4.56. The first-order valence-corrected chi connectivity index (χ1v) is 9.98. The van der Waals surface area contributed by atoms with Crippen molar-refractivity contribution in [2.45, 2.75) is 81.9 Å². The molecule has 0 N–H and O–H groups in total. The van der Waals surface area contributed by atoms with Crippen molar-refractivity contribution in [2.24, 2.45) is 0 Å². The van der Waals surface area contributed by atoms with Crippen LogP contribution in [0.1, 0.15) is 88.2 Å². The summed E-state index contributed by atoms with van der Waals surface area (Å²) in [5.41, 5.74) is 1.97. The molecule has 0 heterocycles. The molecule has 23 heavy (non-hydrogen) atoms. The van der Waals surface area contributed by atoms with Gasteiger partial charge in [0, 0.05) is 0 Å². The summed E-state index contributed by atoms with van der Waals surface area (Å²) in [5, 5.41) is 0. The topological polar surface area (TPSA) is 57.2 Å². The van der Waals surface area contributed by atoms with Crippen LogP contribution >= 0.6 is 0 Å². The van der Waals surface area contributed by atoms with Gasteiger partial charge in [0.25, 0.3) is 0 Å². The monoisotopic (exact) mass is 346 g/mol. The van der Waals surface area contributed by atoms with Crippen LogP contribution in [0.5, 0.6) is 0 Å². The maximum absolute atomic E-state index is 11.7. The second-order valence-electron chi connectivity index (χ2n) is 6.47. The van der Waals surface area contributed by atoms with Crippen LogP contribution in [-0.4, -0.2) is 13.0 Å². The van der Waals surface area contributed by atoms with Crippen molar-refractivity contribution >= 4 is 10.1 Å². The van der Waals surface area contributed by atoms with E-state index in [0.29, 0.717) is 5.92 Å². The molecule has 2 rings (SSSR count). The molecule has 5 heteroatoms. The largest absolute Gasteiger partial charge is 1.00 e. The van der Waals surface area contributed by atoms with Crippen molar-refractivity contribution in [1.82, 2.24) is 0 Å². The van der Waals surface area contributed by atoms with E-state index in [0.717, 1.165) is 62.5 Å². The predicted molar refractivity (Wildman–Crippen MR) is 88.2 cm³/mol. The first-order valence-electron chi connectivity index (χ1n) is 8.57. The van der Waals surface area contributed by atoms with E-state index in [1.54, 1.807) is 6.07 Å². The molecule has 2 unspecified atom stereocenters. The fraction of sp³-hybridized carbons (Fsp3) is 0.667. The summed E-state index contributed by atoms with van der Waals surface area (Å²) < 4.78 is 35.1. The Kier molecular flexibility index (Phi) is 8.81. The molecule has 0 amide bonds. The van der Waals surface area contributed by atoms with Gasteiger partial charge in [0.15, 0.2) is 0 Å². The SMILES string of the molecule is CCCCC1CCC(CCCC)c2c1cccc2S(=O)(=O)[O-].[Na+]. The molecular formula is C18H27NaO3S. The Bertz CT molecular complexity index is 598. The van der Waals surface area contributed by atoms with Crippen molar-refractivity contribution in [3.8, 4) is 0 Å². The van der Waals surface area contributed by atoms with Gasteiger partial charge < -0.3 is 4.55 Å². The number of fused-ring (bicyclic) bond motifs is 1. The van der Waals surface area contributed by atoms with Gasteiger partial charge in [0.05, 0.1) is 4.90 Å². The van der Waals surface area contributed by atoms with Crippen molar-refractivity contribution < 1.29 is 42.5 Å². The Morgan fingerprint density at radius 3 is 2.17 bits per heavy atom. The molecule has 1 aromatic rings. The number of hydrogen-bond acceptors (Lipinski definition) is 3. The second-order valence-corrected chi connectivity index (χ2v) is 7.82. The molecule has 124 valence electrons. The first-order chi connectivity index (χ1) is 10.5. The van der Waals surface area contributed by atoms with Gasteiger partial charge in [-0.25, -0.2) is 8.42 Å². The van der Waals surface area contributed by atoms with Crippen LogP contribution in [0.25, 0.3) is 0 Å². The van der Waals surface area contributed by atoms with Gasteiger partial charge in [0.1, 0.15) is 10.1 Å². The van der Waals surface area contributed by atoms with Crippen molar-refractivity contribution in [2.75, 3.05) is 0 Å². The Morgan fingerprint density at radius 2 is 1.61 bits per heavy atom. The Balaban J connectivity index is 0.00000264. The normalized spacial score (nSPS) is 20.7. The second kappa shape index (κ2) is 9.57. The van der Waals surface area contributed by atoms with E-state index in [-0.39, 0.29) is 40.4 Å². The minimum atomic E-state index is -4.40. The standard InChI is InChI=1S/C18H28O3S.Na/c1-3-5-8-14-12-13-15(9-6-4-2)18-16(14)10-7-11-17(18)22(19,20)21;/h7,10-11,14-15H,3-6,8-9,12-13H2,1-2H3,(H,19,20,21);/q;+1/p-1. The molecule has 0 spiro atoms. The minimum absolute atomic E-state index is 0. The Morgan fingerprint density at radius 1 is 1.04 bits per heavy atom. The summed E-state index contributed by atoms with van der Waals surface area (Å²) in [6, 6.07) is 5.29. The Labute approximate surface area is 163 Å². The van der Waals surface area contributed by atoms with Crippen molar-refractivity contribution in [1.29, 1.82) is 0 Å². The zero-order chi connectivity index (χ0) is 16.2. The molecule has 1 aromatic carbocycles.